The number of nitrogens with one attached hydrogen (secondary N) is 1. The Morgan fingerprint density at radius 2 is 2.25 bits per heavy atom. The smallest absolute Gasteiger partial charge is 0.337 e. The highest BCUT2D eigenvalue weighted by atomic mass is 16.4. The van der Waals surface area contributed by atoms with Crippen molar-refractivity contribution in [2.24, 2.45) is 5.92 Å². The second kappa shape index (κ2) is 4.81. The third-order valence-electron chi connectivity index (χ3n) is 4.11. The van der Waals surface area contributed by atoms with Crippen molar-refractivity contribution in [3.63, 3.8) is 0 Å². The van der Waals surface area contributed by atoms with Crippen LogP contribution in [0.2, 0.25) is 0 Å². The van der Waals surface area contributed by atoms with E-state index in [9.17, 15) is 14.7 Å². The average Bonchev–Trinajstić information content (AvgIpc) is 3.17. The molecule has 1 saturated carbocycles. The highest BCUT2D eigenvalue weighted by Gasteiger charge is 2.28. The Kier molecular flexibility index (Phi) is 3.12. The molecular weight excluding hydrogens is 256 g/mol. The fourth-order valence-electron chi connectivity index (χ4n) is 2.89. The molecule has 0 radical (unpaired) electrons. The number of aromatic nitrogens is 2. The van der Waals surface area contributed by atoms with Gasteiger partial charge in [0.05, 0.1) is 16.6 Å². The van der Waals surface area contributed by atoms with Gasteiger partial charge in [0, 0.05) is 6.04 Å². The van der Waals surface area contributed by atoms with Crippen molar-refractivity contribution in [2.75, 3.05) is 0 Å². The number of aromatic amines is 1. The maximum absolute atomic E-state index is 12.2. The number of benzene rings is 1. The fraction of sp³-hybridized carbons (Fsp3) is 0.467. The van der Waals surface area contributed by atoms with Crippen LogP contribution in [0.1, 0.15) is 49.0 Å². The van der Waals surface area contributed by atoms with Crippen molar-refractivity contribution in [3.8, 4) is 0 Å². The predicted octanol–water partition coefficient (Wildman–Crippen LogP) is 2.78. The van der Waals surface area contributed by atoms with Gasteiger partial charge in [-0.2, -0.15) is 0 Å². The summed E-state index contributed by atoms with van der Waals surface area (Å²) < 4.78 is 1.65. The third kappa shape index (κ3) is 2.13. The lowest BCUT2D eigenvalue weighted by Crippen LogP contribution is -2.23. The number of carboxylic acid groups (broad SMARTS) is 1. The van der Waals surface area contributed by atoms with Crippen LogP contribution in [0.5, 0.6) is 0 Å². The summed E-state index contributed by atoms with van der Waals surface area (Å²) in [6.07, 6.45) is 4.23. The second-order valence-corrected chi connectivity index (χ2v) is 5.55. The van der Waals surface area contributed by atoms with Gasteiger partial charge in [-0.25, -0.2) is 9.59 Å². The second-order valence-electron chi connectivity index (χ2n) is 5.55. The van der Waals surface area contributed by atoms with E-state index in [2.05, 4.69) is 4.98 Å². The summed E-state index contributed by atoms with van der Waals surface area (Å²) >= 11 is 0. The molecule has 1 aliphatic carbocycles. The molecule has 2 aromatic rings. The first kappa shape index (κ1) is 13.0. The molecule has 0 aliphatic heterocycles. The van der Waals surface area contributed by atoms with E-state index in [4.69, 9.17) is 0 Å². The number of H-pyrrole nitrogens is 1. The average molecular weight is 274 g/mol. The number of fused-ring (bicyclic) bond motifs is 1. The molecule has 1 heterocycles. The largest absolute Gasteiger partial charge is 0.478 e. The summed E-state index contributed by atoms with van der Waals surface area (Å²) in [4.78, 5) is 26.4. The van der Waals surface area contributed by atoms with Crippen molar-refractivity contribution in [3.05, 3.63) is 34.2 Å². The number of hydrogen-bond acceptors (Lipinski definition) is 2. The van der Waals surface area contributed by atoms with Crippen molar-refractivity contribution >= 4 is 17.0 Å². The van der Waals surface area contributed by atoms with Gasteiger partial charge < -0.3 is 10.1 Å². The maximum Gasteiger partial charge on any atom is 0.337 e. The molecule has 2 N–H and O–H groups in total. The van der Waals surface area contributed by atoms with Gasteiger partial charge in [0.2, 0.25) is 0 Å². The van der Waals surface area contributed by atoms with Crippen molar-refractivity contribution < 1.29 is 9.90 Å². The molecule has 1 aliphatic rings. The molecule has 0 saturated heterocycles. The Morgan fingerprint density at radius 3 is 2.85 bits per heavy atom. The van der Waals surface area contributed by atoms with Crippen LogP contribution >= 0.6 is 0 Å². The standard InChI is InChI=1S/C15H18N2O3/c1-2-10(8-9-6-7-9)17-13-11(14(18)19)4-3-5-12(13)16-15(17)20/h3-5,9-10H,2,6-8H2,1H3,(H,16,20)(H,18,19). The minimum absolute atomic E-state index is 0.0734. The molecule has 106 valence electrons. The molecule has 0 spiro atoms. The number of rotatable bonds is 5. The van der Waals surface area contributed by atoms with Gasteiger partial charge in [0.25, 0.3) is 0 Å². The molecule has 1 unspecified atom stereocenters. The molecule has 5 nitrogen and oxygen atoms in total. The Bertz CT molecular complexity index is 709. The molecule has 20 heavy (non-hydrogen) atoms. The van der Waals surface area contributed by atoms with Gasteiger partial charge in [-0.15, -0.1) is 0 Å². The molecular formula is C15H18N2O3. The summed E-state index contributed by atoms with van der Waals surface area (Å²) in [6, 6.07) is 5.04. The molecule has 1 fully saturated rings. The summed E-state index contributed by atoms with van der Waals surface area (Å²) in [5.74, 6) is -0.307. The number of imidazole rings is 1. The van der Waals surface area contributed by atoms with Crippen LogP contribution in [0.15, 0.2) is 23.0 Å². The van der Waals surface area contributed by atoms with Gasteiger partial charge in [-0.05, 0) is 30.9 Å². The Balaban J connectivity index is 2.19. The van der Waals surface area contributed by atoms with Crippen molar-refractivity contribution in [2.45, 2.75) is 38.6 Å². The zero-order valence-corrected chi connectivity index (χ0v) is 11.4. The van der Waals surface area contributed by atoms with Crippen LogP contribution in [0.3, 0.4) is 0 Å². The summed E-state index contributed by atoms with van der Waals surface area (Å²) in [5, 5.41) is 9.34. The summed E-state index contributed by atoms with van der Waals surface area (Å²) in [5.41, 5.74) is 1.11. The van der Waals surface area contributed by atoms with E-state index in [1.54, 1.807) is 22.8 Å². The number of hydrogen-bond donors (Lipinski definition) is 2. The predicted molar refractivity (Wildman–Crippen MR) is 76.2 cm³/mol. The SMILES string of the molecule is CCC(CC1CC1)n1c(=O)[nH]c2cccc(C(=O)O)c21. The number of para-hydroxylation sites is 1. The van der Waals surface area contributed by atoms with Gasteiger partial charge >= 0.3 is 11.7 Å². The number of carbonyl (C=O) groups is 1. The van der Waals surface area contributed by atoms with Crippen LogP contribution < -0.4 is 5.69 Å². The van der Waals surface area contributed by atoms with Gasteiger partial charge in [-0.3, -0.25) is 4.57 Å². The molecule has 1 aromatic carbocycles. The van der Waals surface area contributed by atoms with E-state index < -0.39 is 5.97 Å². The molecule has 5 heteroatoms. The topological polar surface area (TPSA) is 75.1 Å². The fourth-order valence-corrected chi connectivity index (χ4v) is 2.89. The van der Waals surface area contributed by atoms with Crippen LogP contribution in [-0.2, 0) is 0 Å². The first-order valence-corrected chi connectivity index (χ1v) is 7.08. The van der Waals surface area contributed by atoms with E-state index in [1.807, 2.05) is 6.92 Å². The zero-order valence-electron chi connectivity index (χ0n) is 11.4. The van der Waals surface area contributed by atoms with Crippen LogP contribution in [0.4, 0.5) is 0 Å². The maximum atomic E-state index is 12.2. The summed E-state index contributed by atoms with van der Waals surface area (Å²) in [7, 11) is 0. The highest BCUT2D eigenvalue weighted by Crippen LogP contribution is 2.38. The Morgan fingerprint density at radius 1 is 1.50 bits per heavy atom. The lowest BCUT2D eigenvalue weighted by molar-refractivity contribution is 0.0698. The molecule has 1 atom stereocenters. The Labute approximate surface area is 116 Å². The number of nitrogens with zero attached hydrogens (tertiary/aromatic N) is 1. The van der Waals surface area contributed by atoms with Crippen LogP contribution in [0, 0.1) is 5.92 Å². The zero-order chi connectivity index (χ0) is 14.3. The lowest BCUT2D eigenvalue weighted by atomic mass is 10.1. The van der Waals surface area contributed by atoms with Crippen molar-refractivity contribution in [1.29, 1.82) is 0 Å². The molecule has 0 bridgehead atoms. The molecule has 1 aromatic heterocycles. The van der Waals surface area contributed by atoms with Gasteiger partial charge in [0.15, 0.2) is 0 Å². The van der Waals surface area contributed by atoms with E-state index in [-0.39, 0.29) is 17.3 Å². The van der Waals surface area contributed by atoms with E-state index in [1.165, 1.54) is 12.8 Å². The lowest BCUT2D eigenvalue weighted by Gasteiger charge is -2.17. The Hall–Kier alpha value is -2.04. The van der Waals surface area contributed by atoms with E-state index in [0.717, 1.165) is 12.8 Å². The third-order valence-corrected chi connectivity index (χ3v) is 4.11. The summed E-state index contributed by atoms with van der Waals surface area (Å²) in [6.45, 7) is 2.04. The van der Waals surface area contributed by atoms with Gasteiger partial charge in [0.1, 0.15) is 0 Å². The number of aromatic carboxylic acids is 1. The quantitative estimate of drug-likeness (QED) is 0.880. The van der Waals surface area contributed by atoms with E-state index >= 15 is 0 Å². The molecule has 0 amide bonds. The minimum atomic E-state index is -0.996. The normalized spacial score (nSPS) is 16.4. The minimum Gasteiger partial charge on any atom is -0.478 e. The first-order chi connectivity index (χ1) is 9.61. The molecule has 3 rings (SSSR count). The van der Waals surface area contributed by atoms with Crippen LogP contribution in [-0.4, -0.2) is 20.6 Å². The first-order valence-electron chi connectivity index (χ1n) is 7.08. The van der Waals surface area contributed by atoms with Crippen LogP contribution in [0.25, 0.3) is 11.0 Å². The van der Waals surface area contributed by atoms with Crippen molar-refractivity contribution in [1.82, 2.24) is 9.55 Å². The van der Waals surface area contributed by atoms with E-state index in [0.29, 0.717) is 17.0 Å². The van der Waals surface area contributed by atoms with Gasteiger partial charge in [-0.1, -0.05) is 25.8 Å². The monoisotopic (exact) mass is 274 g/mol. The highest BCUT2D eigenvalue weighted by molar-refractivity contribution is 6.01. The number of carboxylic acids is 1.